The molecule has 0 bridgehead atoms. The fraction of sp³-hybridized carbons (Fsp3) is 0.824. The van der Waals surface area contributed by atoms with Gasteiger partial charge in [0.2, 0.25) is 5.60 Å². The summed E-state index contributed by atoms with van der Waals surface area (Å²) in [6.45, 7) is 6.73. The molecule has 0 aromatic carbocycles. The van der Waals surface area contributed by atoms with Crippen molar-refractivity contribution in [2.24, 2.45) is 5.92 Å². The van der Waals surface area contributed by atoms with Gasteiger partial charge in [-0.2, -0.15) is 0 Å². The van der Waals surface area contributed by atoms with Crippen LogP contribution in [0.15, 0.2) is 0 Å². The molecule has 0 fully saturated rings. The van der Waals surface area contributed by atoms with Crippen LogP contribution in [0, 0.1) is 5.92 Å². The summed E-state index contributed by atoms with van der Waals surface area (Å²) in [6, 6.07) is -1.30. The predicted molar refractivity (Wildman–Crippen MR) is 93.2 cm³/mol. The van der Waals surface area contributed by atoms with E-state index >= 15 is 0 Å². The van der Waals surface area contributed by atoms with Gasteiger partial charge in [0, 0.05) is 6.42 Å². The van der Waals surface area contributed by atoms with Gasteiger partial charge >= 0.3 is 11.9 Å². The summed E-state index contributed by atoms with van der Waals surface area (Å²) in [5.41, 5.74) is -2.10. The summed E-state index contributed by atoms with van der Waals surface area (Å²) in [4.78, 5) is 36.7. The Labute approximate surface area is 149 Å². The number of carbonyl (C=O) groups is 3. The Kier molecular flexibility index (Phi) is 9.84. The zero-order chi connectivity index (χ0) is 19.8. The van der Waals surface area contributed by atoms with Crippen LogP contribution < -0.4 is 10.6 Å². The number of ether oxygens (including phenoxy) is 1. The average Bonchev–Trinajstić information content (AvgIpc) is 2.53. The molecule has 0 saturated carbocycles. The summed E-state index contributed by atoms with van der Waals surface area (Å²) in [6.07, 6.45) is -1.25. The van der Waals surface area contributed by atoms with Crippen LogP contribution in [0.5, 0.6) is 0 Å². The number of carboxylic acid groups (broad SMARTS) is 1. The monoisotopic (exact) mass is 360 g/mol. The molecule has 8 heteroatoms. The Morgan fingerprint density at radius 1 is 1.12 bits per heavy atom. The number of hydrogen-bond acceptors (Lipinski definition) is 7. The van der Waals surface area contributed by atoms with Gasteiger partial charge in [0.15, 0.2) is 5.78 Å². The van der Waals surface area contributed by atoms with Crippen molar-refractivity contribution in [2.45, 2.75) is 70.7 Å². The van der Waals surface area contributed by atoms with Gasteiger partial charge in [-0.1, -0.05) is 20.3 Å². The molecule has 0 rings (SSSR count). The zero-order valence-corrected chi connectivity index (χ0v) is 16.0. The van der Waals surface area contributed by atoms with Gasteiger partial charge in [0.25, 0.3) is 0 Å². The largest absolute Gasteiger partial charge is 0.478 e. The highest BCUT2D eigenvalue weighted by atomic mass is 16.6. The summed E-state index contributed by atoms with van der Waals surface area (Å²) in [5.74, 6) is -2.69. The predicted octanol–water partition coefficient (Wildman–Crippen LogP) is 0.325. The Morgan fingerprint density at radius 3 is 2.04 bits per heavy atom. The maximum atomic E-state index is 12.5. The van der Waals surface area contributed by atoms with Gasteiger partial charge in [-0.3, -0.25) is 9.59 Å². The molecule has 0 aliphatic carbocycles. The van der Waals surface area contributed by atoms with Gasteiger partial charge in [-0.05, 0) is 33.9 Å². The number of hydrogen-bond donors (Lipinski definition) is 4. The Hall–Kier alpha value is -1.51. The highest BCUT2D eigenvalue weighted by Crippen LogP contribution is 2.26. The molecule has 0 aliphatic rings. The first kappa shape index (κ1) is 23.5. The molecular formula is C17H32N2O6. The molecule has 0 radical (unpaired) electrons. The topological polar surface area (TPSA) is 125 Å². The van der Waals surface area contributed by atoms with E-state index < -0.39 is 47.9 Å². The second-order valence-corrected chi connectivity index (χ2v) is 6.58. The maximum absolute atomic E-state index is 12.5. The van der Waals surface area contributed by atoms with Crippen LogP contribution in [0.2, 0.25) is 0 Å². The van der Waals surface area contributed by atoms with Crippen molar-refractivity contribution in [2.75, 3.05) is 14.1 Å². The van der Waals surface area contributed by atoms with Crippen molar-refractivity contribution < 1.29 is 29.3 Å². The fourth-order valence-corrected chi connectivity index (χ4v) is 2.56. The molecule has 0 saturated heterocycles. The number of aliphatic hydroxyl groups is 1. The Bertz CT molecular complexity index is 468. The number of esters is 1. The molecule has 4 N–H and O–H groups in total. The minimum absolute atomic E-state index is 0.0810. The first-order chi connectivity index (χ1) is 11.5. The number of aliphatic hydroxyl groups excluding tert-OH is 1. The van der Waals surface area contributed by atoms with Crippen LogP contribution in [-0.4, -0.2) is 65.8 Å². The van der Waals surface area contributed by atoms with E-state index in [9.17, 15) is 24.6 Å². The van der Waals surface area contributed by atoms with Crippen molar-refractivity contribution in [1.29, 1.82) is 0 Å². The van der Waals surface area contributed by atoms with Gasteiger partial charge < -0.3 is 25.6 Å². The molecule has 0 amide bonds. The number of ketones is 1. The maximum Gasteiger partial charge on any atom is 0.348 e. The second-order valence-electron chi connectivity index (χ2n) is 6.58. The van der Waals surface area contributed by atoms with Crippen molar-refractivity contribution in [1.82, 2.24) is 10.6 Å². The zero-order valence-electron chi connectivity index (χ0n) is 16.0. The Morgan fingerprint density at radius 2 is 1.68 bits per heavy atom. The average molecular weight is 360 g/mol. The molecule has 5 atom stereocenters. The van der Waals surface area contributed by atoms with E-state index in [4.69, 9.17) is 4.74 Å². The minimum Gasteiger partial charge on any atom is -0.478 e. The minimum atomic E-state index is -2.10. The van der Waals surface area contributed by atoms with Crippen molar-refractivity contribution in [3.63, 3.8) is 0 Å². The van der Waals surface area contributed by atoms with Crippen LogP contribution in [0.25, 0.3) is 0 Å². The molecule has 2 unspecified atom stereocenters. The molecule has 0 aromatic heterocycles. The molecule has 0 heterocycles. The lowest BCUT2D eigenvalue weighted by Gasteiger charge is -2.33. The van der Waals surface area contributed by atoms with E-state index in [-0.39, 0.29) is 12.3 Å². The number of likely N-dealkylation sites (N-methyl/N-ethyl adjacent to an activating group) is 2. The van der Waals surface area contributed by atoms with Gasteiger partial charge in [-0.15, -0.1) is 0 Å². The molecule has 0 spiro atoms. The second kappa shape index (κ2) is 10.5. The molecule has 0 aliphatic heterocycles. The highest BCUT2D eigenvalue weighted by Gasteiger charge is 2.47. The van der Waals surface area contributed by atoms with Gasteiger partial charge in [-0.25, -0.2) is 4.79 Å². The fourth-order valence-electron chi connectivity index (χ4n) is 2.56. The van der Waals surface area contributed by atoms with Crippen molar-refractivity contribution in [3.05, 3.63) is 0 Å². The first-order valence-corrected chi connectivity index (χ1v) is 8.56. The normalized spacial score (nSPS) is 18.5. The molecule has 25 heavy (non-hydrogen) atoms. The number of aliphatic carboxylic acids is 1. The van der Waals surface area contributed by atoms with E-state index in [2.05, 4.69) is 10.6 Å². The molecular weight excluding hydrogens is 328 g/mol. The number of carbonyl (C=O) groups excluding carboxylic acids is 2. The van der Waals surface area contributed by atoms with E-state index in [1.54, 1.807) is 21.0 Å². The van der Waals surface area contributed by atoms with Gasteiger partial charge in [0.05, 0.1) is 18.6 Å². The van der Waals surface area contributed by atoms with Crippen LogP contribution in [0.4, 0.5) is 0 Å². The molecule has 8 nitrogen and oxygen atoms in total. The first-order valence-electron chi connectivity index (χ1n) is 8.56. The number of carboxylic acids is 1. The molecule has 146 valence electrons. The third-order valence-electron chi connectivity index (χ3n) is 4.46. The lowest BCUT2D eigenvalue weighted by molar-refractivity contribution is -0.186. The summed E-state index contributed by atoms with van der Waals surface area (Å²) >= 11 is 0. The third kappa shape index (κ3) is 6.72. The van der Waals surface area contributed by atoms with Crippen LogP contribution in [-0.2, 0) is 19.1 Å². The van der Waals surface area contributed by atoms with Crippen LogP contribution in [0.1, 0.15) is 47.0 Å². The lowest BCUT2D eigenvalue weighted by atomic mass is 9.88. The summed E-state index contributed by atoms with van der Waals surface area (Å²) < 4.78 is 5.34. The number of rotatable bonds is 12. The smallest absolute Gasteiger partial charge is 0.348 e. The van der Waals surface area contributed by atoms with E-state index in [1.165, 1.54) is 6.92 Å². The SMILES string of the molecule is CC[C@H](C)[C@H](NC)C(=O)OC(CC(=O)[C@H](C)NC)(CC(C)O)C(=O)O. The lowest BCUT2D eigenvalue weighted by Crippen LogP contribution is -2.53. The van der Waals surface area contributed by atoms with Crippen molar-refractivity contribution in [3.8, 4) is 0 Å². The quantitative estimate of drug-likeness (QED) is 0.367. The van der Waals surface area contributed by atoms with E-state index in [0.29, 0.717) is 6.42 Å². The third-order valence-corrected chi connectivity index (χ3v) is 4.46. The Balaban J connectivity index is 5.67. The van der Waals surface area contributed by atoms with Crippen molar-refractivity contribution >= 4 is 17.7 Å². The van der Waals surface area contributed by atoms with Crippen LogP contribution >= 0.6 is 0 Å². The summed E-state index contributed by atoms with van der Waals surface area (Å²) in [7, 11) is 3.16. The van der Waals surface area contributed by atoms with Gasteiger partial charge in [0.1, 0.15) is 6.04 Å². The van der Waals surface area contributed by atoms with Crippen LogP contribution in [0.3, 0.4) is 0 Å². The standard InChI is InChI=1S/C17H32N2O6/c1-7-10(2)14(19-6)15(22)25-17(16(23)24,8-11(3)20)9-13(21)12(4)18-5/h10-12,14,18-20H,7-9H2,1-6H3,(H,23,24)/t10-,11?,12-,14-,17?/m0/s1. The highest BCUT2D eigenvalue weighted by molar-refractivity contribution is 5.92. The number of Topliss-reactive ketones (excluding diaryl/α,β-unsaturated/α-hetero) is 1. The summed E-state index contributed by atoms with van der Waals surface area (Å²) in [5, 5.41) is 25.0. The van der Waals surface area contributed by atoms with E-state index in [0.717, 1.165) is 0 Å². The molecule has 0 aromatic rings. The number of nitrogens with one attached hydrogen (secondary N) is 2. The van der Waals surface area contributed by atoms with E-state index in [1.807, 2.05) is 13.8 Å².